The summed E-state index contributed by atoms with van der Waals surface area (Å²) in [5, 5.41) is 4.07. The van der Waals surface area contributed by atoms with Gasteiger partial charge in [0.05, 0.1) is 6.20 Å². The second-order valence-electron chi connectivity index (χ2n) is 5.60. The highest BCUT2D eigenvalue weighted by atomic mass is 19.1. The minimum absolute atomic E-state index is 0.0179. The summed E-state index contributed by atoms with van der Waals surface area (Å²) in [6, 6.07) is 6.61. The fourth-order valence-corrected chi connectivity index (χ4v) is 2.35. The highest BCUT2D eigenvalue weighted by Crippen LogP contribution is 2.28. The number of benzene rings is 1. The lowest BCUT2D eigenvalue weighted by Crippen LogP contribution is -2.31. The molecule has 1 fully saturated rings. The third-order valence-electron chi connectivity index (χ3n) is 3.68. The van der Waals surface area contributed by atoms with Crippen molar-refractivity contribution < 1.29 is 9.18 Å². The van der Waals surface area contributed by atoms with Crippen LogP contribution >= 0.6 is 0 Å². The number of carbonyl (C=O) groups excluding carboxylic acids is 1. The number of rotatable bonds is 5. The summed E-state index contributed by atoms with van der Waals surface area (Å²) in [4.78, 5) is 14.3. The fraction of sp³-hybridized carbons (Fsp3) is 0.294. The zero-order valence-corrected chi connectivity index (χ0v) is 12.4. The Hall–Kier alpha value is -2.43. The van der Waals surface area contributed by atoms with Crippen LogP contribution in [0.15, 0.2) is 42.7 Å². The van der Waals surface area contributed by atoms with E-state index in [1.54, 1.807) is 35.2 Å². The molecule has 0 atom stereocenters. The molecule has 0 unspecified atom stereocenters. The zero-order valence-electron chi connectivity index (χ0n) is 12.4. The van der Waals surface area contributed by atoms with E-state index in [0.717, 1.165) is 24.0 Å². The Morgan fingerprint density at radius 3 is 2.73 bits per heavy atom. The molecule has 0 aliphatic heterocycles. The predicted molar refractivity (Wildman–Crippen MR) is 82.2 cm³/mol. The summed E-state index contributed by atoms with van der Waals surface area (Å²) >= 11 is 0. The highest BCUT2D eigenvalue weighted by Gasteiger charge is 2.31. The number of aromatic nitrogens is 2. The van der Waals surface area contributed by atoms with Crippen LogP contribution in [-0.4, -0.2) is 26.6 Å². The van der Waals surface area contributed by atoms with Crippen molar-refractivity contribution in [2.45, 2.75) is 25.4 Å². The molecule has 0 bridgehead atoms. The van der Waals surface area contributed by atoms with Gasteiger partial charge in [0.15, 0.2) is 0 Å². The quantitative estimate of drug-likeness (QED) is 0.796. The molecule has 5 heteroatoms. The van der Waals surface area contributed by atoms with Crippen molar-refractivity contribution in [1.29, 1.82) is 0 Å². The normalized spacial score (nSPS) is 14.5. The first-order valence-electron chi connectivity index (χ1n) is 7.33. The molecule has 4 nitrogen and oxygen atoms in total. The standard InChI is InChI=1S/C17H18FN3O/c1-20-11-14(10-19-20)4-9-17(22)21(16-7-8-16)12-13-2-5-15(18)6-3-13/h2-6,9-11,16H,7-8,12H2,1H3/b9-4-. The van der Waals surface area contributed by atoms with Crippen LogP contribution in [0, 0.1) is 5.82 Å². The second-order valence-corrected chi connectivity index (χ2v) is 5.60. The lowest BCUT2D eigenvalue weighted by Gasteiger charge is -2.21. The van der Waals surface area contributed by atoms with Crippen LogP contribution in [0.25, 0.3) is 6.08 Å². The number of hydrogen-bond donors (Lipinski definition) is 0. The third kappa shape index (κ3) is 3.61. The minimum Gasteiger partial charge on any atom is -0.332 e. The van der Waals surface area contributed by atoms with Gasteiger partial charge in [0.2, 0.25) is 5.91 Å². The number of nitrogens with zero attached hydrogens (tertiary/aromatic N) is 3. The molecule has 0 saturated heterocycles. The van der Waals surface area contributed by atoms with Crippen molar-refractivity contribution in [2.75, 3.05) is 0 Å². The highest BCUT2D eigenvalue weighted by molar-refractivity contribution is 5.92. The van der Waals surface area contributed by atoms with Crippen LogP contribution in [0.5, 0.6) is 0 Å². The van der Waals surface area contributed by atoms with Gasteiger partial charge in [-0.05, 0) is 36.6 Å². The van der Waals surface area contributed by atoms with Crippen LogP contribution in [0.4, 0.5) is 4.39 Å². The van der Waals surface area contributed by atoms with Gasteiger partial charge in [-0.3, -0.25) is 9.48 Å². The number of halogens is 1. The lowest BCUT2D eigenvalue weighted by molar-refractivity contribution is -0.127. The first-order chi connectivity index (χ1) is 10.6. The van der Waals surface area contributed by atoms with Crippen molar-refractivity contribution in [3.63, 3.8) is 0 Å². The average Bonchev–Trinajstić information content (AvgIpc) is 3.26. The third-order valence-corrected chi connectivity index (χ3v) is 3.68. The van der Waals surface area contributed by atoms with Crippen molar-refractivity contribution in [3.05, 3.63) is 59.7 Å². The number of aryl methyl sites for hydroxylation is 1. The van der Waals surface area contributed by atoms with Crippen molar-refractivity contribution in [3.8, 4) is 0 Å². The average molecular weight is 299 g/mol. The van der Waals surface area contributed by atoms with Crippen molar-refractivity contribution in [2.24, 2.45) is 7.05 Å². The predicted octanol–water partition coefficient (Wildman–Crippen LogP) is 2.76. The first-order valence-corrected chi connectivity index (χ1v) is 7.33. The molecule has 0 radical (unpaired) electrons. The SMILES string of the molecule is Cn1cc(/C=C\C(=O)N(Cc2ccc(F)cc2)C2CC2)cn1. The Balaban J connectivity index is 1.69. The summed E-state index contributed by atoms with van der Waals surface area (Å²) in [7, 11) is 1.84. The molecule has 0 N–H and O–H groups in total. The van der Waals surface area contributed by atoms with E-state index in [4.69, 9.17) is 0 Å². The van der Waals surface area contributed by atoms with E-state index in [1.165, 1.54) is 12.1 Å². The van der Waals surface area contributed by atoms with Gasteiger partial charge in [0, 0.05) is 37.5 Å². The van der Waals surface area contributed by atoms with Gasteiger partial charge in [0.1, 0.15) is 5.82 Å². The van der Waals surface area contributed by atoms with E-state index in [0.29, 0.717) is 12.6 Å². The first kappa shape index (κ1) is 14.5. The van der Waals surface area contributed by atoms with E-state index >= 15 is 0 Å². The minimum atomic E-state index is -0.260. The molecule has 1 aliphatic rings. The summed E-state index contributed by atoms with van der Waals surface area (Å²) in [5.41, 5.74) is 1.84. The summed E-state index contributed by atoms with van der Waals surface area (Å²) < 4.78 is 14.7. The van der Waals surface area contributed by atoms with Crippen LogP contribution in [0.2, 0.25) is 0 Å². The maximum Gasteiger partial charge on any atom is 0.247 e. The molecule has 1 amide bonds. The number of hydrogen-bond acceptors (Lipinski definition) is 2. The summed E-state index contributed by atoms with van der Waals surface area (Å²) in [6.45, 7) is 0.515. The molecule has 1 aromatic heterocycles. The van der Waals surface area contributed by atoms with E-state index < -0.39 is 0 Å². The molecule has 2 aromatic rings. The second kappa shape index (κ2) is 6.13. The molecular formula is C17H18FN3O. The van der Waals surface area contributed by atoms with Gasteiger partial charge < -0.3 is 4.90 Å². The van der Waals surface area contributed by atoms with Gasteiger partial charge in [0.25, 0.3) is 0 Å². The lowest BCUT2D eigenvalue weighted by atomic mass is 10.2. The summed E-state index contributed by atoms with van der Waals surface area (Å²) in [6.07, 6.45) is 8.99. The van der Waals surface area contributed by atoms with E-state index in [9.17, 15) is 9.18 Å². The summed E-state index contributed by atoms with van der Waals surface area (Å²) in [5.74, 6) is -0.278. The van der Waals surface area contributed by atoms with E-state index in [-0.39, 0.29) is 11.7 Å². The van der Waals surface area contributed by atoms with Crippen LogP contribution in [-0.2, 0) is 18.4 Å². The molecule has 1 aliphatic carbocycles. The Kier molecular flexibility index (Phi) is 4.04. The maximum atomic E-state index is 13.0. The van der Waals surface area contributed by atoms with Crippen LogP contribution in [0.1, 0.15) is 24.0 Å². The monoisotopic (exact) mass is 299 g/mol. The van der Waals surface area contributed by atoms with E-state index in [1.807, 2.05) is 18.1 Å². The Morgan fingerprint density at radius 1 is 1.41 bits per heavy atom. The maximum absolute atomic E-state index is 13.0. The van der Waals surface area contributed by atoms with Gasteiger partial charge in [-0.25, -0.2) is 4.39 Å². The smallest absolute Gasteiger partial charge is 0.247 e. The van der Waals surface area contributed by atoms with Crippen molar-refractivity contribution in [1.82, 2.24) is 14.7 Å². The zero-order chi connectivity index (χ0) is 15.5. The fourth-order valence-electron chi connectivity index (χ4n) is 2.35. The molecule has 1 saturated carbocycles. The topological polar surface area (TPSA) is 38.1 Å². The Labute approximate surface area is 128 Å². The van der Waals surface area contributed by atoms with Crippen LogP contribution in [0.3, 0.4) is 0 Å². The molecule has 0 spiro atoms. The van der Waals surface area contributed by atoms with Gasteiger partial charge in [-0.15, -0.1) is 0 Å². The van der Waals surface area contributed by atoms with Crippen LogP contribution < -0.4 is 0 Å². The Bertz CT molecular complexity index is 686. The van der Waals surface area contributed by atoms with Gasteiger partial charge in [-0.1, -0.05) is 12.1 Å². The molecular weight excluding hydrogens is 281 g/mol. The molecule has 3 rings (SSSR count). The largest absolute Gasteiger partial charge is 0.332 e. The van der Waals surface area contributed by atoms with Gasteiger partial charge >= 0.3 is 0 Å². The number of carbonyl (C=O) groups is 1. The Morgan fingerprint density at radius 2 is 2.14 bits per heavy atom. The van der Waals surface area contributed by atoms with Crippen molar-refractivity contribution >= 4 is 12.0 Å². The molecule has 114 valence electrons. The molecule has 1 aromatic carbocycles. The molecule has 1 heterocycles. The van der Waals surface area contributed by atoms with E-state index in [2.05, 4.69) is 5.10 Å². The molecule has 22 heavy (non-hydrogen) atoms. The number of amides is 1. The van der Waals surface area contributed by atoms with Gasteiger partial charge in [-0.2, -0.15) is 5.10 Å².